The summed E-state index contributed by atoms with van der Waals surface area (Å²) in [4.78, 5) is 11.5. The van der Waals surface area contributed by atoms with E-state index in [1.54, 1.807) is 19.1 Å². The second-order valence-corrected chi connectivity index (χ2v) is 3.74. The Morgan fingerprint density at radius 2 is 1.93 bits per heavy atom. The molecule has 0 saturated carbocycles. The Labute approximate surface area is 87.7 Å². The van der Waals surface area contributed by atoms with Crippen molar-refractivity contribution in [2.45, 2.75) is 19.8 Å². The molecule has 0 aliphatic heterocycles. The molecule has 78 valence electrons. The third-order valence-electron chi connectivity index (χ3n) is 2.64. The zero-order valence-corrected chi connectivity index (χ0v) is 8.45. The first-order chi connectivity index (χ1) is 7.09. The van der Waals surface area contributed by atoms with Crippen LogP contribution >= 0.6 is 0 Å². The Kier molecular flexibility index (Phi) is 2.23. The summed E-state index contributed by atoms with van der Waals surface area (Å²) in [6.45, 7) is 1.81. The Hall–Kier alpha value is -1.77. The van der Waals surface area contributed by atoms with Gasteiger partial charge in [-0.05, 0) is 30.2 Å². The predicted octanol–water partition coefficient (Wildman–Crippen LogP) is 2.33. The minimum atomic E-state index is -0.0266. The van der Waals surface area contributed by atoms with Gasteiger partial charge in [0.05, 0.1) is 5.57 Å². The number of aliphatic hydroxyl groups excluding tert-OH is 1. The highest BCUT2D eigenvalue weighted by atomic mass is 16.3. The topological polar surface area (TPSA) is 57.5 Å². The van der Waals surface area contributed by atoms with Crippen LogP contribution in [0.1, 0.15) is 24.0 Å². The maximum absolute atomic E-state index is 11.5. The van der Waals surface area contributed by atoms with Gasteiger partial charge in [0, 0.05) is 12.8 Å². The molecule has 0 radical (unpaired) electrons. The molecule has 0 spiro atoms. The number of phenols is 1. The molecule has 0 fully saturated rings. The van der Waals surface area contributed by atoms with Crippen LogP contribution in [0.5, 0.6) is 5.75 Å². The van der Waals surface area contributed by atoms with Gasteiger partial charge in [0.25, 0.3) is 0 Å². The quantitative estimate of drug-likeness (QED) is 0.738. The Bertz CT molecular complexity index is 458. The van der Waals surface area contributed by atoms with Gasteiger partial charge < -0.3 is 10.2 Å². The van der Waals surface area contributed by atoms with Gasteiger partial charge in [-0.25, -0.2) is 0 Å². The largest absolute Gasteiger partial charge is 0.512 e. The van der Waals surface area contributed by atoms with Crippen molar-refractivity contribution in [2.24, 2.45) is 0 Å². The smallest absolute Gasteiger partial charge is 0.167 e. The number of allylic oxidation sites excluding steroid dienone is 2. The molecular formula is C12H12O3. The Balaban J connectivity index is 2.55. The van der Waals surface area contributed by atoms with Crippen LogP contribution in [0, 0.1) is 6.92 Å². The average Bonchev–Trinajstić information content (AvgIpc) is 2.48. The molecule has 15 heavy (non-hydrogen) atoms. The lowest BCUT2D eigenvalue weighted by Gasteiger charge is -2.06. The second-order valence-electron chi connectivity index (χ2n) is 3.74. The number of carbonyl (C=O) groups is 1. The van der Waals surface area contributed by atoms with Gasteiger partial charge in [-0.3, -0.25) is 4.79 Å². The lowest BCUT2D eigenvalue weighted by atomic mass is 9.99. The van der Waals surface area contributed by atoms with E-state index in [4.69, 9.17) is 0 Å². The number of carbonyl (C=O) groups excluding carboxylic acids is 1. The Morgan fingerprint density at radius 1 is 1.20 bits per heavy atom. The van der Waals surface area contributed by atoms with Crippen molar-refractivity contribution in [1.29, 1.82) is 0 Å². The van der Waals surface area contributed by atoms with Crippen molar-refractivity contribution in [3.05, 3.63) is 35.1 Å². The maximum atomic E-state index is 11.5. The van der Waals surface area contributed by atoms with Crippen LogP contribution in [0.2, 0.25) is 0 Å². The van der Waals surface area contributed by atoms with Gasteiger partial charge in [-0.1, -0.05) is 6.07 Å². The molecule has 1 aliphatic rings. The first-order valence-electron chi connectivity index (χ1n) is 4.85. The van der Waals surface area contributed by atoms with Crippen molar-refractivity contribution < 1.29 is 15.0 Å². The fourth-order valence-corrected chi connectivity index (χ4v) is 1.88. The van der Waals surface area contributed by atoms with E-state index in [1.807, 2.05) is 0 Å². The molecule has 0 atom stereocenters. The number of benzene rings is 1. The number of phenolic OH excluding ortho intramolecular Hbond substituents is 1. The summed E-state index contributed by atoms with van der Waals surface area (Å²) >= 11 is 0. The van der Waals surface area contributed by atoms with E-state index in [9.17, 15) is 15.0 Å². The highest BCUT2D eigenvalue weighted by Crippen LogP contribution is 2.32. The van der Waals surface area contributed by atoms with E-state index in [2.05, 4.69) is 0 Å². The molecule has 0 amide bonds. The number of aliphatic hydroxyl groups is 1. The van der Waals surface area contributed by atoms with E-state index in [-0.39, 0.29) is 17.3 Å². The monoisotopic (exact) mass is 204 g/mol. The summed E-state index contributed by atoms with van der Waals surface area (Å²) in [7, 11) is 0. The van der Waals surface area contributed by atoms with Crippen LogP contribution in [0.4, 0.5) is 0 Å². The molecule has 0 heterocycles. The predicted molar refractivity (Wildman–Crippen MR) is 56.6 cm³/mol. The lowest BCUT2D eigenvalue weighted by molar-refractivity contribution is -0.113. The number of aromatic hydroxyl groups is 1. The van der Waals surface area contributed by atoms with Gasteiger partial charge in [-0.15, -0.1) is 0 Å². The maximum Gasteiger partial charge on any atom is 0.167 e. The van der Waals surface area contributed by atoms with E-state index in [1.165, 1.54) is 6.07 Å². The summed E-state index contributed by atoms with van der Waals surface area (Å²) in [6, 6.07) is 4.77. The summed E-state index contributed by atoms with van der Waals surface area (Å²) in [5, 5.41) is 18.9. The minimum absolute atomic E-state index is 0.0266. The molecule has 2 N–H and O–H groups in total. The molecule has 0 bridgehead atoms. The van der Waals surface area contributed by atoms with Crippen LogP contribution in [0.3, 0.4) is 0 Å². The van der Waals surface area contributed by atoms with Crippen molar-refractivity contribution in [3.63, 3.8) is 0 Å². The second kappa shape index (κ2) is 3.42. The average molecular weight is 204 g/mol. The zero-order chi connectivity index (χ0) is 11.0. The first kappa shape index (κ1) is 9.77. The van der Waals surface area contributed by atoms with E-state index in [0.717, 1.165) is 5.56 Å². The molecular weight excluding hydrogens is 192 g/mol. The summed E-state index contributed by atoms with van der Waals surface area (Å²) in [6.07, 6.45) is 0.802. The summed E-state index contributed by atoms with van der Waals surface area (Å²) in [5.74, 6) is 0.303. The number of hydrogen-bond acceptors (Lipinski definition) is 3. The van der Waals surface area contributed by atoms with Crippen LogP contribution in [0.25, 0.3) is 5.57 Å². The van der Waals surface area contributed by atoms with Crippen LogP contribution in [0.15, 0.2) is 24.0 Å². The van der Waals surface area contributed by atoms with Gasteiger partial charge >= 0.3 is 0 Å². The SMILES string of the molecule is Cc1cc(O)ccc1C1=C(O)CCC1=O. The molecule has 0 saturated heterocycles. The van der Waals surface area contributed by atoms with E-state index >= 15 is 0 Å². The molecule has 0 aromatic heterocycles. The molecule has 1 aromatic rings. The number of aryl methyl sites for hydroxylation is 1. The van der Waals surface area contributed by atoms with Gasteiger partial charge in [0.15, 0.2) is 5.78 Å². The first-order valence-corrected chi connectivity index (χ1v) is 4.85. The Morgan fingerprint density at radius 3 is 2.47 bits per heavy atom. The van der Waals surface area contributed by atoms with Gasteiger partial charge in [0.1, 0.15) is 11.5 Å². The van der Waals surface area contributed by atoms with Crippen LogP contribution in [-0.4, -0.2) is 16.0 Å². The molecule has 2 rings (SSSR count). The van der Waals surface area contributed by atoms with E-state index in [0.29, 0.717) is 24.0 Å². The molecule has 3 nitrogen and oxygen atoms in total. The van der Waals surface area contributed by atoms with Crippen molar-refractivity contribution in [3.8, 4) is 5.75 Å². The number of Topliss-reactive ketones (excluding diaryl/α,β-unsaturated/α-hetero) is 1. The highest BCUT2D eigenvalue weighted by molar-refractivity contribution is 6.23. The van der Waals surface area contributed by atoms with Crippen molar-refractivity contribution in [1.82, 2.24) is 0 Å². The molecule has 1 aliphatic carbocycles. The van der Waals surface area contributed by atoms with Gasteiger partial charge in [0.2, 0.25) is 0 Å². The standard InChI is InChI=1S/C12H12O3/c1-7-6-8(13)2-3-9(7)12-10(14)4-5-11(12)15/h2-3,6,13-14H,4-5H2,1H3. The highest BCUT2D eigenvalue weighted by Gasteiger charge is 2.25. The number of rotatable bonds is 1. The van der Waals surface area contributed by atoms with Crippen LogP contribution < -0.4 is 0 Å². The third-order valence-corrected chi connectivity index (χ3v) is 2.64. The number of ketones is 1. The fourth-order valence-electron chi connectivity index (χ4n) is 1.88. The minimum Gasteiger partial charge on any atom is -0.512 e. The summed E-state index contributed by atoms with van der Waals surface area (Å²) < 4.78 is 0. The molecule has 1 aromatic carbocycles. The summed E-state index contributed by atoms with van der Waals surface area (Å²) in [5.41, 5.74) is 1.92. The van der Waals surface area contributed by atoms with Crippen LogP contribution in [-0.2, 0) is 4.79 Å². The zero-order valence-electron chi connectivity index (χ0n) is 8.45. The molecule has 0 unspecified atom stereocenters. The fraction of sp³-hybridized carbons (Fsp3) is 0.250. The third kappa shape index (κ3) is 1.61. The van der Waals surface area contributed by atoms with Gasteiger partial charge in [-0.2, -0.15) is 0 Å². The molecule has 3 heteroatoms. The van der Waals surface area contributed by atoms with E-state index < -0.39 is 0 Å². The van der Waals surface area contributed by atoms with Crippen molar-refractivity contribution in [2.75, 3.05) is 0 Å². The number of hydrogen-bond donors (Lipinski definition) is 2. The van der Waals surface area contributed by atoms with Crippen molar-refractivity contribution >= 4 is 11.4 Å². The normalized spacial score (nSPS) is 16.2. The lowest BCUT2D eigenvalue weighted by Crippen LogP contribution is -1.98.